The van der Waals surface area contributed by atoms with E-state index in [9.17, 15) is 30.3 Å². The summed E-state index contributed by atoms with van der Waals surface area (Å²) in [4.78, 5) is 13.1. The van der Waals surface area contributed by atoms with Crippen molar-refractivity contribution >= 4 is 5.91 Å². The lowest BCUT2D eigenvalue weighted by Crippen LogP contribution is -2.60. The maximum Gasteiger partial charge on any atom is 0.220 e. The second-order valence-electron chi connectivity index (χ2n) is 22.2. The smallest absolute Gasteiger partial charge is 0.220 e. The Bertz CT molecular complexity index is 1360. The number of hydrogen-bond acceptors (Lipinski definition) is 8. The van der Waals surface area contributed by atoms with Crippen molar-refractivity contribution in [2.24, 2.45) is 0 Å². The summed E-state index contributed by atoms with van der Waals surface area (Å²) in [6.07, 6.45) is 68.8. The molecule has 438 valence electrons. The summed E-state index contributed by atoms with van der Waals surface area (Å²) >= 11 is 0. The average Bonchev–Trinajstić information content (AvgIpc) is 3.41. The number of unbranched alkanes of at least 4 members (excludes halogenated alkanes) is 37. The summed E-state index contributed by atoms with van der Waals surface area (Å²) in [5.74, 6) is -0.173. The second kappa shape index (κ2) is 55.2. The average molecular weight is 1060 g/mol. The van der Waals surface area contributed by atoms with E-state index in [1.54, 1.807) is 6.08 Å². The van der Waals surface area contributed by atoms with Crippen LogP contribution in [0.2, 0.25) is 0 Å². The molecule has 0 spiro atoms. The zero-order chi connectivity index (χ0) is 54.3. The summed E-state index contributed by atoms with van der Waals surface area (Å²) in [5.41, 5.74) is 0. The minimum absolute atomic E-state index is 0.173. The van der Waals surface area contributed by atoms with E-state index >= 15 is 0 Å². The molecule has 0 aromatic rings. The Labute approximate surface area is 462 Å². The molecule has 0 radical (unpaired) electrons. The van der Waals surface area contributed by atoms with Gasteiger partial charge >= 0.3 is 0 Å². The summed E-state index contributed by atoms with van der Waals surface area (Å²) in [5, 5.41) is 54.6. The first kappa shape index (κ1) is 70.9. The number of allylic oxidation sites excluding steroid dienone is 9. The van der Waals surface area contributed by atoms with E-state index in [2.05, 4.69) is 67.8 Å². The van der Waals surface area contributed by atoms with Crippen molar-refractivity contribution in [2.45, 2.75) is 339 Å². The van der Waals surface area contributed by atoms with Gasteiger partial charge in [0.1, 0.15) is 24.4 Å². The van der Waals surface area contributed by atoms with Crippen LogP contribution in [0.4, 0.5) is 0 Å². The number of rotatable bonds is 55. The Kier molecular flexibility index (Phi) is 52.2. The topological polar surface area (TPSA) is 149 Å². The highest BCUT2D eigenvalue weighted by Gasteiger charge is 2.44. The molecule has 1 saturated heterocycles. The van der Waals surface area contributed by atoms with Gasteiger partial charge in [-0.25, -0.2) is 0 Å². The minimum atomic E-state index is -1.57. The predicted octanol–water partition coefficient (Wildman–Crippen LogP) is 16.6. The molecule has 0 saturated carbocycles. The number of ether oxygens (including phenoxy) is 2. The third-order valence-corrected chi connectivity index (χ3v) is 15.1. The van der Waals surface area contributed by atoms with Gasteiger partial charge in [-0.2, -0.15) is 0 Å². The van der Waals surface area contributed by atoms with Gasteiger partial charge in [0.25, 0.3) is 0 Å². The van der Waals surface area contributed by atoms with Crippen molar-refractivity contribution in [3.8, 4) is 0 Å². The molecule has 1 fully saturated rings. The van der Waals surface area contributed by atoms with Crippen LogP contribution in [0.15, 0.2) is 60.8 Å². The van der Waals surface area contributed by atoms with E-state index in [1.807, 2.05) is 6.08 Å². The first-order chi connectivity index (χ1) is 36.8. The molecule has 1 amide bonds. The number of hydrogen-bond donors (Lipinski definition) is 6. The van der Waals surface area contributed by atoms with Crippen molar-refractivity contribution in [3.05, 3.63) is 60.8 Å². The van der Waals surface area contributed by atoms with Crippen molar-refractivity contribution in [2.75, 3.05) is 13.2 Å². The monoisotopic (exact) mass is 1060 g/mol. The molecule has 0 aliphatic carbocycles. The highest BCUT2D eigenvalue weighted by Crippen LogP contribution is 2.23. The summed E-state index contributed by atoms with van der Waals surface area (Å²) < 4.78 is 11.3. The van der Waals surface area contributed by atoms with Crippen LogP contribution in [0.25, 0.3) is 0 Å². The van der Waals surface area contributed by atoms with E-state index < -0.39 is 49.5 Å². The highest BCUT2D eigenvalue weighted by atomic mass is 16.7. The maximum atomic E-state index is 13.1. The lowest BCUT2D eigenvalue weighted by Gasteiger charge is -2.40. The lowest BCUT2D eigenvalue weighted by molar-refractivity contribution is -0.302. The molecule has 1 rings (SSSR count). The van der Waals surface area contributed by atoms with E-state index in [1.165, 1.54) is 212 Å². The molecule has 1 aliphatic heterocycles. The summed E-state index contributed by atoms with van der Waals surface area (Å²) in [6.45, 7) is 3.69. The van der Waals surface area contributed by atoms with Gasteiger partial charge in [-0.15, -0.1) is 0 Å². The zero-order valence-electron chi connectivity index (χ0n) is 48.8. The molecule has 7 unspecified atom stereocenters. The van der Waals surface area contributed by atoms with Gasteiger partial charge in [-0.3, -0.25) is 4.79 Å². The Morgan fingerprint density at radius 1 is 0.467 bits per heavy atom. The van der Waals surface area contributed by atoms with Crippen molar-refractivity contribution < 1.29 is 39.8 Å². The molecular formula is C66H121NO8. The fraction of sp³-hybridized carbons (Fsp3) is 0.833. The maximum absolute atomic E-state index is 13.1. The van der Waals surface area contributed by atoms with Crippen LogP contribution in [-0.2, 0) is 14.3 Å². The van der Waals surface area contributed by atoms with Crippen LogP contribution in [0, 0.1) is 0 Å². The van der Waals surface area contributed by atoms with Gasteiger partial charge in [0, 0.05) is 6.42 Å². The Morgan fingerprint density at radius 3 is 1.23 bits per heavy atom. The first-order valence-corrected chi connectivity index (χ1v) is 32.0. The molecule has 0 bridgehead atoms. The Hall–Kier alpha value is -2.11. The van der Waals surface area contributed by atoms with Crippen LogP contribution < -0.4 is 5.32 Å². The number of carbonyl (C=O) groups is 1. The standard InChI is InChI=1S/C66H121NO8/c1-3-5-7-9-11-13-15-17-19-21-22-23-24-25-26-27-28-29-30-31-32-33-34-35-36-37-38-40-42-44-46-48-50-52-54-56-62(70)67-59(58-74-66-65(73)64(72)63(71)61(57-68)75-66)60(69)55-53-51-49-47-45-43-41-39-20-18-16-14-12-10-8-6-4-2/h5,7,11,13,17,19,22-23,53,55,59-61,63-66,68-69,71-73H,3-4,6,8-10,12,14-16,18,20-21,24-52,54,56-58H2,1-2H3,(H,67,70)/b7-5-,13-11-,19-17-,23-22-,55-53+. The quantitative estimate of drug-likeness (QED) is 0.0261. The molecule has 75 heavy (non-hydrogen) atoms. The van der Waals surface area contributed by atoms with Gasteiger partial charge in [0.15, 0.2) is 6.29 Å². The van der Waals surface area contributed by atoms with Crippen molar-refractivity contribution in [3.63, 3.8) is 0 Å². The molecule has 9 heteroatoms. The number of nitrogens with one attached hydrogen (secondary N) is 1. The van der Waals surface area contributed by atoms with Crippen LogP contribution in [-0.4, -0.2) is 87.5 Å². The lowest BCUT2D eigenvalue weighted by atomic mass is 9.99. The Balaban J connectivity index is 2.10. The SMILES string of the molecule is CC/C=C\C/C=C\C/C=C\C/C=C\CCCCCCCCCCCCCCCCCCCCCCCCC(=O)NC(COC1OC(CO)C(O)C(O)C1O)C(O)/C=C/CCCCCCCCCCCCCCCCC. The van der Waals surface area contributed by atoms with Crippen LogP contribution in [0.5, 0.6) is 0 Å². The number of aliphatic hydroxyl groups is 5. The minimum Gasteiger partial charge on any atom is -0.394 e. The molecular weight excluding hydrogens is 935 g/mol. The van der Waals surface area contributed by atoms with Gasteiger partial charge in [-0.1, -0.05) is 293 Å². The molecule has 0 aromatic heterocycles. The predicted molar refractivity (Wildman–Crippen MR) is 318 cm³/mol. The van der Waals surface area contributed by atoms with E-state index in [0.29, 0.717) is 6.42 Å². The zero-order valence-corrected chi connectivity index (χ0v) is 48.8. The fourth-order valence-corrected chi connectivity index (χ4v) is 10.1. The third-order valence-electron chi connectivity index (χ3n) is 15.1. The van der Waals surface area contributed by atoms with Crippen LogP contribution in [0.1, 0.15) is 296 Å². The Morgan fingerprint density at radius 2 is 0.827 bits per heavy atom. The number of aliphatic hydroxyl groups excluding tert-OH is 5. The number of carbonyl (C=O) groups excluding carboxylic acids is 1. The summed E-state index contributed by atoms with van der Waals surface area (Å²) in [7, 11) is 0. The van der Waals surface area contributed by atoms with Crippen LogP contribution >= 0.6 is 0 Å². The molecule has 7 atom stereocenters. The van der Waals surface area contributed by atoms with E-state index in [0.717, 1.165) is 64.2 Å². The van der Waals surface area contributed by atoms with E-state index in [4.69, 9.17) is 9.47 Å². The third kappa shape index (κ3) is 44.4. The number of amides is 1. The fourth-order valence-electron chi connectivity index (χ4n) is 10.1. The normalized spacial score (nSPS) is 19.3. The van der Waals surface area contributed by atoms with Gasteiger partial charge in [-0.05, 0) is 57.8 Å². The molecule has 6 N–H and O–H groups in total. The second-order valence-corrected chi connectivity index (χ2v) is 22.2. The molecule has 1 heterocycles. The van der Waals surface area contributed by atoms with Crippen molar-refractivity contribution in [1.29, 1.82) is 0 Å². The van der Waals surface area contributed by atoms with Crippen molar-refractivity contribution in [1.82, 2.24) is 5.32 Å². The van der Waals surface area contributed by atoms with Gasteiger partial charge in [0.2, 0.25) is 5.91 Å². The first-order valence-electron chi connectivity index (χ1n) is 32.0. The molecule has 0 aromatic carbocycles. The van der Waals surface area contributed by atoms with Gasteiger partial charge < -0.3 is 40.3 Å². The van der Waals surface area contributed by atoms with Gasteiger partial charge in [0.05, 0.1) is 25.4 Å². The summed E-state index contributed by atoms with van der Waals surface area (Å²) in [6, 6.07) is -0.805. The highest BCUT2D eigenvalue weighted by molar-refractivity contribution is 5.76. The van der Waals surface area contributed by atoms with E-state index in [-0.39, 0.29) is 12.5 Å². The van der Waals surface area contributed by atoms with Crippen LogP contribution in [0.3, 0.4) is 0 Å². The molecule has 1 aliphatic rings. The largest absolute Gasteiger partial charge is 0.394 e. The molecule has 9 nitrogen and oxygen atoms in total.